The molecule has 0 aliphatic heterocycles. The molecule has 1 aromatic rings. The average molecular weight is 687 g/mol. The maximum Gasteiger partial charge on any atom is 0.416 e. The van der Waals surface area contributed by atoms with Gasteiger partial charge >= 0.3 is 12.1 Å². The van der Waals surface area contributed by atoms with Gasteiger partial charge in [-0.3, -0.25) is 4.79 Å². The molecule has 2 rings (SSSR count). The molecule has 0 aromatic heterocycles. The quantitative estimate of drug-likeness (QED) is 0.109. The third-order valence-electron chi connectivity index (χ3n) is 9.85. The summed E-state index contributed by atoms with van der Waals surface area (Å²) in [7, 11) is -4.47. The third kappa shape index (κ3) is 11.9. The summed E-state index contributed by atoms with van der Waals surface area (Å²) in [5.74, 6) is -0.958. The Hall–Kier alpha value is -1.93. The molecule has 11 heteroatoms. The number of allylic oxidation sites excluding steroid dienone is 2. The Kier molecular flexibility index (Phi) is 14.0. The monoisotopic (exact) mass is 686 g/mol. The minimum atomic E-state index is -4.47. The molecule has 0 radical (unpaired) electrons. The van der Waals surface area contributed by atoms with Gasteiger partial charge in [-0.2, -0.15) is 13.2 Å². The first kappa shape index (κ1) is 40.2. The molecule has 0 saturated heterocycles. The second-order valence-corrected chi connectivity index (χ2v) is 25.1. The largest absolute Gasteiger partial charge is 0.491 e. The molecule has 0 spiro atoms. The van der Waals surface area contributed by atoms with Crippen LogP contribution in [0.4, 0.5) is 13.2 Å². The number of ether oxygens (including phenoxy) is 1. The van der Waals surface area contributed by atoms with Crippen LogP contribution in [0.5, 0.6) is 5.75 Å². The van der Waals surface area contributed by atoms with Crippen molar-refractivity contribution in [3.05, 3.63) is 54.1 Å². The first-order valence-corrected chi connectivity index (χ1v) is 22.1. The van der Waals surface area contributed by atoms with Gasteiger partial charge in [0.1, 0.15) is 12.4 Å². The highest BCUT2D eigenvalue weighted by atomic mass is 28.4. The number of alkyl halides is 3. The number of rotatable bonds is 15. The normalized spacial score (nSPS) is 22.6. The lowest BCUT2D eigenvalue weighted by molar-refractivity contribution is -0.138. The highest BCUT2D eigenvalue weighted by Crippen LogP contribution is 2.45. The number of benzene rings is 1. The SMILES string of the molecule is CC(C)(C)[Si](C)(C)O[C@H](/C=C/[C@@H]1[C@@H](C/C=C\CCCC(=O)O)[C@@H](O[Si](C)(C)C(C)(C)C)C[C@H]1O)COc1cccc(C(F)(F)F)c1. The van der Waals surface area contributed by atoms with Crippen molar-refractivity contribution in [3.63, 3.8) is 0 Å². The van der Waals surface area contributed by atoms with E-state index >= 15 is 0 Å². The average Bonchev–Trinajstić information content (AvgIpc) is 3.18. The third-order valence-corrected chi connectivity index (χ3v) is 18.9. The van der Waals surface area contributed by atoms with Crippen LogP contribution in [0.2, 0.25) is 36.3 Å². The molecule has 2 N–H and O–H groups in total. The topological polar surface area (TPSA) is 85.2 Å². The van der Waals surface area contributed by atoms with Crippen molar-refractivity contribution in [1.29, 1.82) is 0 Å². The lowest BCUT2D eigenvalue weighted by Gasteiger charge is -2.40. The van der Waals surface area contributed by atoms with Gasteiger partial charge in [0, 0.05) is 12.3 Å². The van der Waals surface area contributed by atoms with Gasteiger partial charge in [-0.1, -0.05) is 71.9 Å². The molecule has 46 heavy (non-hydrogen) atoms. The predicted molar refractivity (Wildman–Crippen MR) is 183 cm³/mol. The van der Waals surface area contributed by atoms with Gasteiger partial charge in [0.05, 0.1) is 23.9 Å². The summed E-state index contributed by atoms with van der Waals surface area (Å²) in [4.78, 5) is 10.9. The summed E-state index contributed by atoms with van der Waals surface area (Å²) in [6.07, 6.45) is 4.62. The van der Waals surface area contributed by atoms with Crippen LogP contribution in [0.25, 0.3) is 0 Å². The summed E-state index contributed by atoms with van der Waals surface area (Å²) in [5.41, 5.74) is -0.775. The van der Waals surface area contributed by atoms with Gasteiger partial charge in [0.2, 0.25) is 0 Å². The van der Waals surface area contributed by atoms with Crippen molar-refractivity contribution in [2.45, 2.75) is 134 Å². The van der Waals surface area contributed by atoms with E-state index in [0.717, 1.165) is 12.1 Å². The number of aliphatic hydroxyl groups is 1. The van der Waals surface area contributed by atoms with Crippen LogP contribution >= 0.6 is 0 Å². The Balaban J connectivity index is 2.37. The van der Waals surface area contributed by atoms with E-state index < -0.39 is 46.6 Å². The van der Waals surface area contributed by atoms with E-state index in [1.807, 2.05) is 18.2 Å². The maximum atomic E-state index is 13.3. The molecular weight excluding hydrogens is 630 g/mol. The number of aliphatic hydroxyl groups excluding tert-OH is 1. The smallest absolute Gasteiger partial charge is 0.416 e. The van der Waals surface area contributed by atoms with Crippen molar-refractivity contribution in [3.8, 4) is 5.75 Å². The minimum Gasteiger partial charge on any atom is -0.491 e. The maximum absolute atomic E-state index is 13.3. The number of hydrogen-bond donors (Lipinski definition) is 2. The molecule has 0 bridgehead atoms. The zero-order valence-electron chi connectivity index (χ0n) is 29.4. The fourth-order valence-corrected chi connectivity index (χ4v) is 7.63. The van der Waals surface area contributed by atoms with E-state index in [1.54, 1.807) is 0 Å². The van der Waals surface area contributed by atoms with E-state index in [4.69, 9.17) is 18.7 Å². The Bertz CT molecular complexity index is 1180. The summed E-state index contributed by atoms with van der Waals surface area (Å²) in [6.45, 7) is 21.6. The van der Waals surface area contributed by atoms with Crippen LogP contribution in [-0.2, 0) is 19.8 Å². The molecule has 5 atom stereocenters. The van der Waals surface area contributed by atoms with E-state index in [9.17, 15) is 23.1 Å². The Morgan fingerprint density at radius 2 is 1.65 bits per heavy atom. The van der Waals surface area contributed by atoms with Gasteiger partial charge < -0.3 is 23.8 Å². The van der Waals surface area contributed by atoms with Crippen LogP contribution in [0.1, 0.15) is 79.2 Å². The Morgan fingerprint density at radius 1 is 1.02 bits per heavy atom. The van der Waals surface area contributed by atoms with E-state index in [0.29, 0.717) is 25.7 Å². The van der Waals surface area contributed by atoms with Crippen LogP contribution in [0.15, 0.2) is 48.6 Å². The highest BCUT2D eigenvalue weighted by Gasteiger charge is 2.47. The molecule has 0 unspecified atom stereocenters. The summed E-state index contributed by atoms with van der Waals surface area (Å²) in [5, 5.41) is 20.2. The molecule has 0 amide bonds. The van der Waals surface area contributed by atoms with Crippen molar-refractivity contribution >= 4 is 22.6 Å². The fourth-order valence-electron chi connectivity index (χ4n) is 4.99. The molecule has 1 fully saturated rings. The van der Waals surface area contributed by atoms with E-state index in [2.05, 4.69) is 73.8 Å². The predicted octanol–water partition coefficient (Wildman–Crippen LogP) is 9.62. The number of hydrogen-bond acceptors (Lipinski definition) is 5. The first-order valence-electron chi connectivity index (χ1n) is 16.3. The molecule has 262 valence electrons. The summed E-state index contributed by atoms with van der Waals surface area (Å²) in [6, 6.07) is 4.84. The van der Waals surface area contributed by atoms with Crippen molar-refractivity contribution < 1.29 is 41.8 Å². The summed E-state index contributed by atoms with van der Waals surface area (Å²) < 4.78 is 59.4. The molecule has 0 heterocycles. The number of carboxylic acid groups (broad SMARTS) is 1. The summed E-state index contributed by atoms with van der Waals surface area (Å²) >= 11 is 0. The van der Waals surface area contributed by atoms with Gasteiger partial charge in [-0.15, -0.1) is 0 Å². The molecule has 1 aliphatic carbocycles. The number of carboxylic acids is 1. The Labute approximate surface area is 276 Å². The second kappa shape index (κ2) is 16.0. The fraction of sp³-hybridized carbons (Fsp3) is 0.686. The standard InChI is InChI=1S/C35H57F3O6Si2/c1-33(2,3)45(7,8)43-27(24-42-26-17-15-16-25(22-26)35(36,37)38)20-21-28-29(18-13-11-12-14-19-32(40)41)31(23-30(28)39)44-46(9,10)34(4,5)6/h11,13,15-17,20-22,27-31,39H,12,14,18-19,23-24H2,1-10H3,(H,40,41)/b13-11-,21-20+/t27-,28-,29-,30-,31+/m1/s1. The first-order chi connectivity index (χ1) is 20.9. The van der Waals surface area contributed by atoms with Gasteiger partial charge in [0.25, 0.3) is 0 Å². The lowest BCUT2D eigenvalue weighted by atomic mass is 9.89. The van der Waals surface area contributed by atoms with E-state index in [-0.39, 0.29) is 46.8 Å². The molecule has 6 nitrogen and oxygen atoms in total. The Morgan fingerprint density at radius 3 is 2.22 bits per heavy atom. The highest BCUT2D eigenvalue weighted by molar-refractivity contribution is 6.74. The van der Waals surface area contributed by atoms with Gasteiger partial charge in [-0.05, 0) is 86.1 Å². The van der Waals surface area contributed by atoms with E-state index in [1.165, 1.54) is 12.1 Å². The number of unbranched alkanes of at least 4 members (excludes halogenated alkanes) is 1. The molecule has 1 aliphatic rings. The number of carbonyl (C=O) groups is 1. The van der Waals surface area contributed by atoms with Crippen LogP contribution in [0, 0.1) is 11.8 Å². The zero-order valence-corrected chi connectivity index (χ0v) is 31.4. The van der Waals surface area contributed by atoms with Crippen LogP contribution in [0.3, 0.4) is 0 Å². The van der Waals surface area contributed by atoms with Gasteiger partial charge in [0.15, 0.2) is 16.6 Å². The molecule has 1 aromatic carbocycles. The van der Waals surface area contributed by atoms with Gasteiger partial charge in [-0.25, -0.2) is 0 Å². The van der Waals surface area contributed by atoms with Crippen LogP contribution < -0.4 is 4.74 Å². The number of aliphatic carboxylic acids is 1. The molecular formula is C35H57F3O6Si2. The lowest BCUT2D eigenvalue weighted by Crippen LogP contribution is -2.45. The van der Waals surface area contributed by atoms with Crippen LogP contribution in [-0.4, -0.2) is 57.7 Å². The zero-order chi connectivity index (χ0) is 35.1. The van der Waals surface area contributed by atoms with Crippen molar-refractivity contribution in [2.75, 3.05) is 6.61 Å². The van der Waals surface area contributed by atoms with Crippen molar-refractivity contribution in [2.24, 2.45) is 11.8 Å². The molecule has 1 saturated carbocycles. The number of halogens is 3. The minimum absolute atomic E-state index is 0.00798. The second-order valence-electron chi connectivity index (χ2n) is 15.6. The van der Waals surface area contributed by atoms with Crippen molar-refractivity contribution in [1.82, 2.24) is 0 Å².